The first-order chi connectivity index (χ1) is 12.9. The highest BCUT2D eigenvalue weighted by Gasteiger charge is 2.23. The molecule has 1 amide bonds. The first-order valence-electron chi connectivity index (χ1n) is 8.81. The van der Waals surface area contributed by atoms with E-state index in [4.69, 9.17) is 9.15 Å². The standard InChI is InChI=1S/C20H23N3O4/c1-12(2)14-5-7-15(8-6-14)22-18(24)16-13(3)27-19-17(16)20(25)23(11-21-19)9-10-26-4/h5-8,11-12H,9-10H2,1-4H3,(H,22,24). The number of aromatic nitrogens is 2. The Bertz CT molecular complexity index is 1020. The number of carbonyl (C=O) groups is 1. The fourth-order valence-electron chi connectivity index (χ4n) is 2.90. The quantitative estimate of drug-likeness (QED) is 0.720. The molecule has 7 heteroatoms. The summed E-state index contributed by atoms with van der Waals surface area (Å²) >= 11 is 0. The number of methoxy groups -OCH3 is 1. The van der Waals surface area contributed by atoms with E-state index in [1.165, 1.54) is 16.5 Å². The van der Waals surface area contributed by atoms with Gasteiger partial charge in [-0.05, 0) is 30.5 Å². The molecule has 2 heterocycles. The fraction of sp³-hybridized carbons (Fsp3) is 0.350. The number of ether oxygens (including phenoxy) is 1. The van der Waals surface area contributed by atoms with Gasteiger partial charge in [0.05, 0.1) is 18.7 Å². The second-order valence-electron chi connectivity index (χ2n) is 6.68. The van der Waals surface area contributed by atoms with Gasteiger partial charge in [-0.1, -0.05) is 26.0 Å². The van der Waals surface area contributed by atoms with Gasteiger partial charge in [0.15, 0.2) is 0 Å². The van der Waals surface area contributed by atoms with Crippen LogP contribution in [-0.4, -0.2) is 29.2 Å². The highest BCUT2D eigenvalue weighted by Crippen LogP contribution is 2.23. The van der Waals surface area contributed by atoms with Crippen LogP contribution in [0.5, 0.6) is 0 Å². The zero-order valence-electron chi connectivity index (χ0n) is 15.9. The number of amides is 1. The van der Waals surface area contributed by atoms with Gasteiger partial charge in [-0.25, -0.2) is 4.98 Å². The molecule has 0 fully saturated rings. The van der Waals surface area contributed by atoms with Gasteiger partial charge in [0.1, 0.15) is 17.5 Å². The zero-order valence-corrected chi connectivity index (χ0v) is 15.9. The molecule has 0 atom stereocenters. The zero-order chi connectivity index (χ0) is 19.6. The number of rotatable bonds is 6. The van der Waals surface area contributed by atoms with Crippen molar-refractivity contribution in [2.75, 3.05) is 19.0 Å². The molecule has 27 heavy (non-hydrogen) atoms. The van der Waals surface area contributed by atoms with E-state index in [0.29, 0.717) is 30.5 Å². The summed E-state index contributed by atoms with van der Waals surface area (Å²) in [6.07, 6.45) is 1.40. The Labute approximate surface area is 157 Å². The van der Waals surface area contributed by atoms with Crippen LogP contribution in [0, 0.1) is 6.92 Å². The topological polar surface area (TPSA) is 86.4 Å². The van der Waals surface area contributed by atoms with Crippen molar-refractivity contribution < 1.29 is 13.9 Å². The third-order valence-corrected chi connectivity index (χ3v) is 4.45. The maximum Gasteiger partial charge on any atom is 0.265 e. The van der Waals surface area contributed by atoms with Crippen LogP contribution in [0.4, 0.5) is 5.69 Å². The molecule has 0 aliphatic heterocycles. The van der Waals surface area contributed by atoms with E-state index in [-0.39, 0.29) is 22.2 Å². The highest BCUT2D eigenvalue weighted by atomic mass is 16.5. The Hall–Kier alpha value is -2.93. The Morgan fingerprint density at radius 3 is 2.63 bits per heavy atom. The van der Waals surface area contributed by atoms with E-state index >= 15 is 0 Å². The summed E-state index contributed by atoms with van der Waals surface area (Å²) in [7, 11) is 1.56. The molecule has 1 N–H and O–H groups in total. The van der Waals surface area contributed by atoms with Gasteiger partial charge in [0.2, 0.25) is 5.71 Å². The number of furan rings is 1. The molecule has 0 saturated carbocycles. The number of aryl methyl sites for hydroxylation is 1. The third kappa shape index (κ3) is 3.78. The summed E-state index contributed by atoms with van der Waals surface area (Å²) in [6, 6.07) is 7.64. The van der Waals surface area contributed by atoms with Gasteiger partial charge in [-0.3, -0.25) is 14.2 Å². The summed E-state index contributed by atoms with van der Waals surface area (Å²) in [5.41, 5.74) is 1.88. The number of carbonyl (C=O) groups excluding carboxylic acids is 1. The van der Waals surface area contributed by atoms with Gasteiger partial charge in [-0.15, -0.1) is 0 Å². The molecule has 1 aromatic carbocycles. The average molecular weight is 369 g/mol. The molecule has 0 saturated heterocycles. The molecule has 0 aliphatic rings. The third-order valence-electron chi connectivity index (χ3n) is 4.45. The molecule has 7 nitrogen and oxygen atoms in total. The van der Waals surface area contributed by atoms with Gasteiger partial charge in [0, 0.05) is 12.8 Å². The van der Waals surface area contributed by atoms with Crippen molar-refractivity contribution in [3.8, 4) is 0 Å². The minimum Gasteiger partial charge on any atom is -0.442 e. The van der Waals surface area contributed by atoms with Crippen molar-refractivity contribution in [3.63, 3.8) is 0 Å². The highest BCUT2D eigenvalue weighted by molar-refractivity contribution is 6.12. The van der Waals surface area contributed by atoms with Crippen LogP contribution in [0.15, 0.2) is 39.8 Å². The molecule has 142 valence electrons. The van der Waals surface area contributed by atoms with E-state index < -0.39 is 5.91 Å². The lowest BCUT2D eigenvalue weighted by atomic mass is 10.0. The summed E-state index contributed by atoms with van der Waals surface area (Å²) in [5.74, 6) is 0.369. The van der Waals surface area contributed by atoms with E-state index in [1.54, 1.807) is 14.0 Å². The summed E-state index contributed by atoms with van der Waals surface area (Å²) in [5, 5.41) is 3.02. The maximum absolute atomic E-state index is 12.8. The fourth-order valence-corrected chi connectivity index (χ4v) is 2.90. The van der Waals surface area contributed by atoms with Crippen molar-refractivity contribution in [2.45, 2.75) is 33.2 Å². The molecule has 0 spiro atoms. The molecule has 0 aliphatic carbocycles. The van der Waals surface area contributed by atoms with Gasteiger partial charge in [-0.2, -0.15) is 0 Å². The first kappa shape index (κ1) is 18.8. The van der Waals surface area contributed by atoms with Crippen LogP contribution in [0.2, 0.25) is 0 Å². The second-order valence-corrected chi connectivity index (χ2v) is 6.68. The summed E-state index contributed by atoms with van der Waals surface area (Å²) in [4.78, 5) is 29.8. The number of benzene rings is 1. The lowest BCUT2D eigenvalue weighted by Gasteiger charge is -2.08. The number of anilines is 1. The Balaban J connectivity index is 1.96. The summed E-state index contributed by atoms with van der Waals surface area (Å²) in [6.45, 7) is 6.58. The van der Waals surface area contributed by atoms with Crippen molar-refractivity contribution in [2.24, 2.45) is 0 Å². The lowest BCUT2D eigenvalue weighted by molar-refractivity contribution is 0.102. The van der Waals surface area contributed by atoms with Crippen LogP contribution >= 0.6 is 0 Å². The number of hydrogen-bond donors (Lipinski definition) is 1. The molecule has 3 aromatic rings. The van der Waals surface area contributed by atoms with Gasteiger partial charge < -0.3 is 14.5 Å². The lowest BCUT2D eigenvalue weighted by Crippen LogP contribution is -2.24. The van der Waals surface area contributed by atoms with Crippen molar-refractivity contribution in [1.29, 1.82) is 0 Å². The normalized spacial score (nSPS) is 11.3. The monoisotopic (exact) mass is 369 g/mol. The molecule has 0 bridgehead atoms. The minimum atomic E-state index is -0.396. The van der Waals surface area contributed by atoms with Crippen LogP contribution < -0.4 is 10.9 Å². The molecular weight excluding hydrogens is 346 g/mol. The van der Waals surface area contributed by atoms with E-state index in [1.807, 2.05) is 24.3 Å². The number of fused-ring (bicyclic) bond motifs is 1. The predicted molar refractivity (Wildman–Crippen MR) is 103 cm³/mol. The maximum atomic E-state index is 12.8. The molecule has 0 unspecified atom stereocenters. The van der Waals surface area contributed by atoms with Crippen LogP contribution in [-0.2, 0) is 11.3 Å². The van der Waals surface area contributed by atoms with E-state index in [0.717, 1.165) is 0 Å². The molecule has 3 rings (SSSR count). The van der Waals surface area contributed by atoms with E-state index in [9.17, 15) is 9.59 Å². The molecule has 2 aromatic heterocycles. The van der Waals surface area contributed by atoms with Gasteiger partial charge in [0.25, 0.3) is 11.5 Å². The Morgan fingerprint density at radius 2 is 2.00 bits per heavy atom. The van der Waals surface area contributed by atoms with E-state index in [2.05, 4.69) is 24.1 Å². The van der Waals surface area contributed by atoms with Crippen LogP contribution in [0.25, 0.3) is 11.1 Å². The van der Waals surface area contributed by atoms with Crippen LogP contribution in [0.1, 0.15) is 41.4 Å². The number of nitrogens with zero attached hydrogens (tertiary/aromatic N) is 2. The Kier molecular flexibility index (Phi) is 5.41. The van der Waals surface area contributed by atoms with Gasteiger partial charge >= 0.3 is 0 Å². The smallest absolute Gasteiger partial charge is 0.265 e. The number of nitrogens with one attached hydrogen (secondary N) is 1. The first-order valence-corrected chi connectivity index (χ1v) is 8.81. The van der Waals surface area contributed by atoms with Crippen molar-refractivity contribution in [1.82, 2.24) is 9.55 Å². The average Bonchev–Trinajstić information content (AvgIpc) is 2.98. The largest absolute Gasteiger partial charge is 0.442 e. The summed E-state index contributed by atoms with van der Waals surface area (Å²) < 4.78 is 12.0. The number of hydrogen-bond acceptors (Lipinski definition) is 5. The Morgan fingerprint density at radius 1 is 1.30 bits per heavy atom. The van der Waals surface area contributed by atoms with Crippen LogP contribution in [0.3, 0.4) is 0 Å². The SMILES string of the molecule is COCCn1cnc2oc(C)c(C(=O)Nc3ccc(C(C)C)cc3)c2c1=O. The van der Waals surface area contributed by atoms with Crippen molar-refractivity contribution in [3.05, 3.63) is 57.8 Å². The van der Waals surface area contributed by atoms with Crippen molar-refractivity contribution >= 4 is 22.7 Å². The molecule has 0 radical (unpaired) electrons. The predicted octanol–water partition coefficient (Wildman–Crippen LogP) is 3.32. The minimum absolute atomic E-state index is 0.159. The second kappa shape index (κ2) is 7.75. The molecular formula is C20H23N3O4.